The fourth-order valence-electron chi connectivity index (χ4n) is 2.70. The zero-order valence-electron chi connectivity index (χ0n) is 15.5. The Bertz CT molecular complexity index is 1090. The second-order valence-corrected chi connectivity index (χ2v) is 6.56. The molecule has 0 aliphatic carbocycles. The Kier molecular flexibility index (Phi) is 6.72. The summed E-state index contributed by atoms with van der Waals surface area (Å²) in [5.74, 6) is 0.191. The summed E-state index contributed by atoms with van der Waals surface area (Å²) >= 11 is 5.13. The summed E-state index contributed by atoms with van der Waals surface area (Å²) in [7, 11) is 0. The SMILES string of the molecule is O=c1[nH]nc(NCCCNC(=S)Nc2ccccc2OC(F)(F)F)c2ccccc12. The Morgan fingerprint density at radius 3 is 2.53 bits per heavy atom. The number of benzene rings is 2. The van der Waals surface area contributed by atoms with Crippen LogP contribution in [0.4, 0.5) is 24.7 Å². The number of fused-ring (bicyclic) bond motifs is 1. The number of aromatic amines is 1. The van der Waals surface area contributed by atoms with E-state index in [-0.39, 0.29) is 22.1 Å². The number of anilines is 2. The molecular weight excluding hydrogens is 419 g/mol. The minimum absolute atomic E-state index is 0.106. The maximum Gasteiger partial charge on any atom is 0.573 e. The van der Waals surface area contributed by atoms with E-state index in [2.05, 4.69) is 30.9 Å². The zero-order chi connectivity index (χ0) is 21.6. The summed E-state index contributed by atoms with van der Waals surface area (Å²) in [4.78, 5) is 11.8. The van der Waals surface area contributed by atoms with E-state index in [4.69, 9.17) is 12.2 Å². The van der Waals surface area contributed by atoms with Crippen LogP contribution in [-0.2, 0) is 0 Å². The van der Waals surface area contributed by atoms with Gasteiger partial charge in [0.1, 0.15) is 0 Å². The quantitative estimate of drug-likeness (QED) is 0.332. The third-order valence-electron chi connectivity index (χ3n) is 3.99. The van der Waals surface area contributed by atoms with Crippen LogP contribution in [0.25, 0.3) is 10.8 Å². The van der Waals surface area contributed by atoms with Crippen molar-refractivity contribution in [2.75, 3.05) is 23.7 Å². The molecule has 0 bridgehead atoms. The molecule has 0 saturated carbocycles. The van der Waals surface area contributed by atoms with E-state index in [1.54, 1.807) is 24.3 Å². The third kappa shape index (κ3) is 5.83. The number of hydrogen-bond donors (Lipinski definition) is 4. The van der Waals surface area contributed by atoms with Crippen LogP contribution in [0.5, 0.6) is 5.75 Å². The second-order valence-electron chi connectivity index (χ2n) is 6.15. The first-order valence-corrected chi connectivity index (χ1v) is 9.35. The lowest BCUT2D eigenvalue weighted by Crippen LogP contribution is -2.30. The van der Waals surface area contributed by atoms with Crippen LogP contribution in [-0.4, -0.2) is 34.8 Å². The molecule has 30 heavy (non-hydrogen) atoms. The smallest absolute Gasteiger partial charge is 0.404 e. The molecule has 1 heterocycles. The van der Waals surface area contributed by atoms with Crippen molar-refractivity contribution in [3.05, 3.63) is 58.9 Å². The van der Waals surface area contributed by atoms with E-state index < -0.39 is 6.36 Å². The number of rotatable bonds is 7. The monoisotopic (exact) mass is 437 g/mol. The predicted molar refractivity (Wildman–Crippen MR) is 113 cm³/mol. The van der Waals surface area contributed by atoms with Gasteiger partial charge < -0.3 is 20.7 Å². The van der Waals surface area contributed by atoms with E-state index in [1.165, 1.54) is 18.2 Å². The highest BCUT2D eigenvalue weighted by atomic mass is 32.1. The van der Waals surface area contributed by atoms with Gasteiger partial charge in [0.2, 0.25) is 0 Å². The molecule has 158 valence electrons. The molecule has 0 amide bonds. The molecule has 0 saturated heterocycles. The van der Waals surface area contributed by atoms with Crippen LogP contribution in [0.2, 0.25) is 0 Å². The Balaban J connectivity index is 1.47. The molecular formula is C19H18F3N5O2S. The summed E-state index contributed by atoms with van der Waals surface area (Å²) in [6.07, 6.45) is -4.16. The lowest BCUT2D eigenvalue weighted by Gasteiger charge is -2.15. The number of nitrogens with one attached hydrogen (secondary N) is 4. The van der Waals surface area contributed by atoms with Gasteiger partial charge in [-0.2, -0.15) is 5.10 Å². The first-order chi connectivity index (χ1) is 14.3. The van der Waals surface area contributed by atoms with Crippen molar-refractivity contribution in [3.8, 4) is 5.75 Å². The van der Waals surface area contributed by atoms with E-state index in [9.17, 15) is 18.0 Å². The number of ether oxygens (including phenoxy) is 1. The van der Waals surface area contributed by atoms with Crippen molar-refractivity contribution in [1.82, 2.24) is 15.5 Å². The zero-order valence-corrected chi connectivity index (χ0v) is 16.4. The highest BCUT2D eigenvalue weighted by molar-refractivity contribution is 7.80. The number of thiocarbonyl (C=S) groups is 1. The molecule has 0 unspecified atom stereocenters. The van der Waals surface area contributed by atoms with E-state index in [1.807, 2.05) is 6.07 Å². The third-order valence-corrected chi connectivity index (χ3v) is 4.23. The van der Waals surface area contributed by atoms with Crippen molar-refractivity contribution in [1.29, 1.82) is 0 Å². The average Bonchev–Trinajstić information content (AvgIpc) is 2.70. The Hall–Kier alpha value is -3.34. The molecule has 0 fully saturated rings. The van der Waals surface area contributed by atoms with Gasteiger partial charge in [-0.3, -0.25) is 4.79 Å². The van der Waals surface area contributed by atoms with Crippen LogP contribution >= 0.6 is 12.2 Å². The number of alkyl halides is 3. The highest BCUT2D eigenvalue weighted by Gasteiger charge is 2.32. The van der Waals surface area contributed by atoms with Gasteiger partial charge in [-0.25, -0.2) is 5.10 Å². The number of nitrogens with zero attached hydrogens (tertiary/aromatic N) is 1. The summed E-state index contributed by atoms with van der Waals surface area (Å²) in [5, 5.41) is 16.6. The van der Waals surface area contributed by atoms with Gasteiger partial charge in [-0.15, -0.1) is 13.2 Å². The fraction of sp³-hybridized carbons (Fsp3) is 0.211. The number of aromatic nitrogens is 2. The van der Waals surface area contributed by atoms with E-state index in [0.29, 0.717) is 36.1 Å². The van der Waals surface area contributed by atoms with Crippen LogP contribution in [0.15, 0.2) is 53.3 Å². The first kappa shape index (κ1) is 21.4. The Labute approximate surface area is 174 Å². The molecule has 2 aromatic carbocycles. The van der Waals surface area contributed by atoms with Crippen molar-refractivity contribution in [2.24, 2.45) is 0 Å². The molecule has 0 aliphatic heterocycles. The van der Waals surface area contributed by atoms with E-state index in [0.717, 1.165) is 0 Å². The summed E-state index contributed by atoms with van der Waals surface area (Å²) in [6, 6.07) is 12.7. The minimum atomic E-state index is -4.79. The molecule has 0 spiro atoms. The van der Waals surface area contributed by atoms with Crippen LogP contribution < -0.4 is 26.2 Å². The standard InChI is InChI=1S/C19H18F3N5O2S/c20-19(21,22)29-15-9-4-3-8-14(15)25-18(30)24-11-5-10-23-16-12-6-1-2-7-13(12)17(28)27-26-16/h1-4,6-9H,5,10-11H2,(H,23,26)(H,27,28)(H2,24,25,30). The number of halogens is 3. The van der Waals surface area contributed by atoms with Crippen LogP contribution in [0, 0.1) is 0 Å². The molecule has 11 heteroatoms. The van der Waals surface area contributed by atoms with Gasteiger partial charge in [0, 0.05) is 18.5 Å². The van der Waals surface area contributed by atoms with Crippen molar-refractivity contribution in [2.45, 2.75) is 12.8 Å². The molecule has 3 aromatic rings. The maximum absolute atomic E-state index is 12.5. The lowest BCUT2D eigenvalue weighted by molar-refractivity contribution is -0.274. The lowest BCUT2D eigenvalue weighted by atomic mass is 10.2. The molecule has 7 nitrogen and oxygen atoms in total. The summed E-state index contributed by atoms with van der Waals surface area (Å²) < 4.78 is 41.4. The van der Waals surface area contributed by atoms with Gasteiger partial charge in [0.15, 0.2) is 16.7 Å². The number of para-hydroxylation sites is 2. The summed E-state index contributed by atoms with van der Waals surface area (Å²) in [6.45, 7) is 0.995. The molecule has 0 atom stereocenters. The average molecular weight is 437 g/mol. The number of H-pyrrole nitrogens is 1. The largest absolute Gasteiger partial charge is 0.573 e. The van der Waals surface area contributed by atoms with Gasteiger partial charge in [-0.05, 0) is 36.8 Å². The highest BCUT2D eigenvalue weighted by Crippen LogP contribution is 2.29. The number of hydrogen-bond acceptors (Lipinski definition) is 5. The van der Waals surface area contributed by atoms with Crippen molar-refractivity contribution < 1.29 is 17.9 Å². The molecule has 0 aliphatic rings. The Morgan fingerprint density at radius 1 is 1.07 bits per heavy atom. The molecule has 4 N–H and O–H groups in total. The fourth-order valence-corrected chi connectivity index (χ4v) is 2.91. The van der Waals surface area contributed by atoms with Crippen molar-refractivity contribution in [3.63, 3.8) is 0 Å². The van der Waals surface area contributed by atoms with Gasteiger partial charge in [0.25, 0.3) is 5.56 Å². The molecule has 1 aromatic heterocycles. The normalized spacial score (nSPS) is 11.2. The van der Waals surface area contributed by atoms with Crippen LogP contribution in [0.1, 0.15) is 6.42 Å². The topological polar surface area (TPSA) is 91.1 Å². The maximum atomic E-state index is 12.5. The van der Waals surface area contributed by atoms with E-state index >= 15 is 0 Å². The van der Waals surface area contributed by atoms with Gasteiger partial charge in [-0.1, -0.05) is 30.3 Å². The van der Waals surface area contributed by atoms with Crippen LogP contribution in [0.3, 0.4) is 0 Å². The molecule has 0 radical (unpaired) electrons. The van der Waals surface area contributed by atoms with Gasteiger partial charge >= 0.3 is 6.36 Å². The minimum Gasteiger partial charge on any atom is -0.404 e. The second kappa shape index (κ2) is 9.44. The Morgan fingerprint density at radius 2 is 1.77 bits per heavy atom. The predicted octanol–water partition coefficient (Wildman–Crippen LogP) is 3.61. The first-order valence-electron chi connectivity index (χ1n) is 8.94. The summed E-state index contributed by atoms with van der Waals surface area (Å²) in [5.41, 5.74) is -0.154. The van der Waals surface area contributed by atoms with Crippen molar-refractivity contribution >= 4 is 39.6 Å². The van der Waals surface area contributed by atoms with Gasteiger partial charge in [0.05, 0.1) is 11.1 Å². The molecule has 3 rings (SSSR count).